The number of carbonyl (C=O) groups is 2. The Labute approximate surface area is 116 Å². The van der Waals surface area contributed by atoms with Crippen LogP contribution in [-0.2, 0) is 4.79 Å². The highest BCUT2D eigenvalue weighted by Gasteiger charge is 2.22. The minimum atomic E-state index is -1.23. The highest BCUT2D eigenvalue weighted by Crippen LogP contribution is 2.18. The summed E-state index contributed by atoms with van der Waals surface area (Å²) < 4.78 is 0. The predicted molar refractivity (Wildman–Crippen MR) is 71.2 cm³/mol. The van der Waals surface area contributed by atoms with Crippen LogP contribution in [-0.4, -0.2) is 41.9 Å². The van der Waals surface area contributed by atoms with Crippen molar-refractivity contribution in [3.8, 4) is 6.07 Å². The fourth-order valence-electron chi connectivity index (χ4n) is 1.60. The molecular weight excluding hydrogens is 262 g/mol. The van der Waals surface area contributed by atoms with Gasteiger partial charge in [0.1, 0.15) is 12.1 Å². The Morgan fingerprint density at radius 3 is 2.65 bits per heavy atom. The zero-order valence-electron chi connectivity index (χ0n) is 10.9. The summed E-state index contributed by atoms with van der Waals surface area (Å²) in [7, 11) is 1.43. The van der Waals surface area contributed by atoms with Crippen molar-refractivity contribution in [3.05, 3.63) is 29.8 Å². The first-order valence-electron chi connectivity index (χ1n) is 5.88. The highest BCUT2D eigenvalue weighted by atomic mass is 16.4. The van der Waals surface area contributed by atoms with Crippen molar-refractivity contribution in [1.82, 2.24) is 5.32 Å². The number of carbonyl (C=O) groups excluding carboxylic acids is 1. The molecule has 1 aromatic carbocycles. The van der Waals surface area contributed by atoms with E-state index < -0.39 is 18.0 Å². The van der Waals surface area contributed by atoms with Gasteiger partial charge in [0.05, 0.1) is 11.3 Å². The van der Waals surface area contributed by atoms with Gasteiger partial charge in [0.25, 0.3) is 0 Å². The normalized spacial score (nSPS) is 11.2. The van der Waals surface area contributed by atoms with Gasteiger partial charge in [0.15, 0.2) is 0 Å². The number of urea groups is 1. The van der Waals surface area contributed by atoms with Gasteiger partial charge in [-0.25, -0.2) is 9.59 Å². The summed E-state index contributed by atoms with van der Waals surface area (Å²) in [6, 6.07) is 6.59. The fraction of sp³-hybridized carbons (Fsp3) is 0.308. The number of carboxylic acid groups (broad SMARTS) is 1. The zero-order valence-corrected chi connectivity index (χ0v) is 10.9. The summed E-state index contributed by atoms with van der Waals surface area (Å²) in [6.07, 6.45) is -0.0885. The van der Waals surface area contributed by atoms with Crippen LogP contribution in [0.4, 0.5) is 10.5 Å². The van der Waals surface area contributed by atoms with Crippen molar-refractivity contribution in [2.75, 3.05) is 18.6 Å². The largest absolute Gasteiger partial charge is 0.480 e. The lowest BCUT2D eigenvalue weighted by atomic mass is 10.2. The van der Waals surface area contributed by atoms with Crippen LogP contribution in [0.5, 0.6) is 0 Å². The van der Waals surface area contributed by atoms with E-state index in [2.05, 4.69) is 5.32 Å². The summed E-state index contributed by atoms with van der Waals surface area (Å²) in [5.41, 5.74) is 0.680. The van der Waals surface area contributed by atoms with Crippen LogP contribution < -0.4 is 10.2 Å². The minimum Gasteiger partial charge on any atom is -0.480 e. The van der Waals surface area contributed by atoms with Gasteiger partial charge in [-0.2, -0.15) is 5.26 Å². The summed E-state index contributed by atoms with van der Waals surface area (Å²) >= 11 is 0. The van der Waals surface area contributed by atoms with Crippen LogP contribution in [0.25, 0.3) is 0 Å². The van der Waals surface area contributed by atoms with E-state index in [1.807, 2.05) is 6.07 Å². The van der Waals surface area contributed by atoms with Gasteiger partial charge >= 0.3 is 12.0 Å². The second-order valence-corrected chi connectivity index (χ2v) is 4.04. The van der Waals surface area contributed by atoms with Gasteiger partial charge in [0.2, 0.25) is 0 Å². The van der Waals surface area contributed by atoms with Crippen molar-refractivity contribution in [3.63, 3.8) is 0 Å². The summed E-state index contributed by atoms with van der Waals surface area (Å²) in [6.45, 7) is -0.351. The molecule has 1 atom stereocenters. The third-order valence-electron chi connectivity index (χ3n) is 2.70. The van der Waals surface area contributed by atoms with E-state index >= 15 is 0 Å². The van der Waals surface area contributed by atoms with E-state index in [0.717, 1.165) is 4.90 Å². The Hall–Kier alpha value is -2.59. The smallest absolute Gasteiger partial charge is 0.326 e. The molecule has 7 heteroatoms. The topological polar surface area (TPSA) is 114 Å². The number of nitriles is 1. The van der Waals surface area contributed by atoms with Crippen molar-refractivity contribution < 1.29 is 19.8 Å². The molecule has 1 aromatic rings. The molecule has 3 N–H and O–H groups in total. The molecule has 0 aromatic heterocycles. The molecule has 0 aliphatic heterocycles. The van der Waals surface area contributed by atoms with Crippen LogP contribution in [0.1, 0.15) is 12.0 Å². The maximum absolute atomic E-state index is 12.0. The first-order chi connectivity index (χ1) is 9.51. The molecule has 0 bridgehead atoms. The van der Waals surface area contributed by atoms with E-state index in [9.17, 15) is 9.59 Å². The highest BCUT2D eigenvalue weighted by molar-refractivity contribution is 5.95. The Kier molecular flexibility index (Phi) is 5.50. The number of hydrogen-bond donors (Lipinski definition) is 3. The van der Waals surface area contributed by atoms with Gasteiger partial charge < -0.3 is 15.5 Å². The monoisotopic (exact) mass is 277 g/mol. The molecule has 2 amide bonds. The molecule has 106 valence electrons. The molecule has 0 heterocycles. The lowest BCUT2D eigenvalue weighted by Crippen LogP contribution is -2.47. The van der Waals surface area contributed by atoms with E-state index in [0.29, 0.717) is 11.3 Å². The van der Waals surface area contributed by atoms with Crippen LogP contribution in [0.3, 0.4) is 0 Å². The first-order valence-corrected chi connectivity index (χ1v) is 5.88. The number of nitrogens with zero attached hydrogens (tertiary/aromatic N) is 2. The van der Waals surface area contributed by atoms with Crippen LogP contribution >= 0.6 is 0 Å². The molecule has 0 aliphatic carbocycles. The summed E-state index contributed by atoms with van der Waals surface area (Å²) in [4.78, 5) is 24.0. The maximum atomic E-state index is 12.0. The lowest BCUT2D eigenvalue weighted by Gasteiger charge is -2.21. The third-order valence-corrected chi connectivity index (χ3v) is 2.70. The number of aliphatic carboxylic acids is 1. The van der Waals surface area contributed by atoms with E-state index in [1.54, 1.807) is 24.3 Å². The van der Waals surface area contributed by atoms with E-state index in [4.69, 9.17) is 15.5 Å². The SMILES string of the molecule is CN(C(=O)NC(CCO)C(=O)O)c1ccccc1C#N. The Bertz CT molecular complexity index is 539. The molecule has 7 nitrogen and oxygen atoms in total. The van der Waals surface area contributed by atoms with Gasteiger partial charge in [-0.1, -0.05) is 12.1 Å². The van der Waals surface area contributed by atoms with Gasteiger partial charge in [-0.15, -0.1) is 0 Å². The quantitative estimate of drug-likeness (QED) is 0.726. The third kappa shape index (κ3) is 3.70. The number of benzene rings is 1. The number of nitrogens with one attached hydrogen (secondary N) is 1. The number of carboxylic acids is 1. The number of aliphatic hydroxyl groups is 1. The molecule has 20 heavy (non-hydrogen) atoms. The molecule has 0 radical (unpaired) electrons. The van der Waals surface area contributed by atoms with Crippen molar-refractivity contribution >= 4 is 17.7 Å². The molecule has 0 fully saturated rings. The average Bonchev–Trinajstić information content (AvgIpc) is 2.45. The molecule has 1 unspecified atom stereocenters. The van der Waals surface area contributed by atoms with E-state index in [1.165, 1.54) is 7.05 Å². The lowest BCUT2D eigenvalue weighted by molar-refractivity contribution is -0.139. The maximum Gasteiger partial charge on any atom is 0.326 e. The first kappa shape index (κ1) is 15.5. The van der Waals surface area contributed by atoms with Crippen molar-refractivity contribution in [2.45, 2.75) is 12.5 Å². The number of anilines is 1. The van der Waals surface area contributed by atoms with Crippen LogP contribution in [0.15, 0.2) is 24.3 Å². The Morgan fingerprint density at radius 2 is 2.10 bits per heavy atom. The summed E-state index contributed by atoms with van der Waals surface area (Å²) in [5, 5.41) is 28.9. The summed E-state index contributed by atoms with van der Waals surface area (Å²) in [5.74, 6) is -1.23. The van der Waals surface area contributed by atoms with Gasteiger partial charge in [-0.3, -0.25) is 4.90 Å². The number of para-hydroxylation sites is 1. The number of amides is 2. The molecule has 0 saturated heterocycles. The van der Waals surface area contributed by atoms with Crippen molar-refractivity contribution in [1.29, 1.82) is 5.26 Å². The molecular formula is C13H15N3O4. The number of hydrogen-bond acceptors (Lipinski definition) is 4. The Morgan fingerprint density at radius 1 is 1.45 bits per heavy atom. The van der Waals surface area contributed by atoms with Gasteiger partial charge in [-0.05, 0) is 12.1 Å². The van der Waals surface area contributed by atoms with Gasteiger partial charge in [0, 0.05) is 20.1 Å². The number of rotatable bonds is 5. The Balaban J connectivity index is 2.86. The zero-order chi connectivity index (χ0) is 15.1. The van der Waals surface area contributed by atoms with E-state index in [-0.39, 0.29) is 13.0 Å². The number of aliphatic hydroxyl groups excluding tert-OH is 1. The standard InChI is InChI=1S/C13H15N3O4/c1-16(11-5-3-2-4-9(11)8-14)13(20)15-10(6-7-17)12(18)19/h2-5,10,17H,6-7H2,1H3,(H,15,20)(H,18,19). The minimum absolute atomic E-state index is 0.0885. The molecule has 0 aliphatic rings. The second-order valence-electron chi connectivity index (χ2n) is 4.04. The molecule has 0 spiro atoms. The van der Waals surface area contributed by atoms with Crippen molar-refractivity contribution in [2.24, 2.45) is 0 Å². The molecule has 0 saturated carbocycles. The van der Waals surface area contributed by atoms with Crippen LogP contribution in [0, 0.1) is 11.3 Å². The fourth-order valence-corrected chi connectivity index (χ4v) is 1.60. The predicted octanol–water partition coefficient (Wildman–Crippen LogP) is 0.540. The average molecular weight is 277 g/mol. The molecule has 1 rings (SSSR count). The van der Waals surface area contributed by atoms with Crippen LogP contribution in [0.2, 0.25) is 0 Å². The second kappa shape index (κ2) is 7.11.